The molecule has 0 fully saturated rings. The van der Waals surface area contributed by atoms with Crippen LogP contribution in [0, 0.1) is 10.1 Å². The maximum Gasteiger partial charge on any atom is 0.432 e. The first-order valence-electron chi connectivity index (χ1n) is 3.62. The maximum absolute atomic E-state index is 10.2. The molecule has 0 bridgehead atoms. The molecule has 1 unspecified atom stereocenters. The van der Waals surface area contributed by atoms with Crippen molar-refractivity contribution in [2.45, 2.75) is 12.5 Å². The zero-order valence-electron chi connectivity index (χ0n) is 6.80. The van der Waals surface area contributed by atoms with Crippen LogP contribution in [0.1, 0.15) is 5.69 Å². The number of nitro groups is 1. The minimum Gasteiger partial charge on any atom is -0.390 e. The lowest BCUT2D eigenvalue weighted by atomic mass is 10.2. The van der Waals surface area contributed by atoms with Crippen molar-refractivity contribution in [3.63, 3.8) is 0 Å². The van der Waals surface area contributed by atoms with Gasteiger partial charge < -0.3 is 15.2 Å². The third-order valence-electron chi connectivity index (χ3n) is 1.49. The summed E-state index contributed by atoms with van der Waals surface area (Å²) in [5.41, 5.74) is 0.513. The van der Waals surface area contributed by atoms with Gasteiger partial charge in [0.25, 0.3) is 0 Å². The number of aliphatic hydroxyl groups is 1. The first-order chi connectivity index (χ1) is 6.13. The van der Waals surface area contributed by atoms with Crippen LogP contribution in [0.15, 0.2) is 18.9 Å². The Morgan fingerprint density at radius 2 is 2.62 bits per heavy atom. The summed E-state index contributed by atoms with van der Waals surface area (Å²) in [4.78, 5) is 15.5. The molecule has 70 valence electrons. The minimum atomic E-state index is -0.708. The van der Waals surface area contributed by atoms with Crippen LogP contribution in [0.5, 0.6) is 0 Å². The lowest BCUT2D eigenvalue weighted by Gasteiger charge is -1.98. The van der Waals surface area contributed by atoms with Gasteiger partial charge in [-0.15, -0.1) is 6.58 Å². The van der Waals surface area contributed by atoms with Crippen molar-refractivity contribution in [2.24, 2.45) is 0 Å². The topological polar surface area (TPSA) is 92.1 Å². The van der Waals surface area contributed by atoms with Crippen molar-refractivity contribution < 1.29 is 10.0 Å². The van der Waals surface area contributed by atoms with E-state index in [1.54, 1.807) is 0 Å². The molecule has 6 nitrogen and oxygen atoms in total. The highest BCUT2D eigenvalue weighted by atomic mass is 16.6. The van der Waals surface area contributed by atoms with E-state index in [0.717, 1.165) is 0 Å². The fourth-order valence-electron chi connectivity index (χ4n) is 0.852. The Labute approximate surface area is 74.1 Å². The van der Waals surface area contributed by atoms with Crippen molar-refractivity contribution in [1.29, 1.82) is 0 Å². The molecule has 1 aromatic heterocycles. The van der Waals surface area contributed by atoms with E-state index in [0.29, 0.717) is 5.69 Å². The van der Waals surface area contributed by atoms with Gasteiger partial charge in [0, 0.05) is 6.42 Å². The van der Waals surface area contributed by atoms with Crippen LogP contribution in [0.25, 0.3) is 0 Å². The van der Waals surface area contributed by atoms with Gasteiger partial charge in [-0.1, -0.05) is 11.1 Å². The second-order valence-corrected chi connectivity index (χ2v) is 2.50. The zero-order chi connectivity index (χ0) is 9.84. The Kier molecular flexibility index (Phi) is 2.76. The summed E-state index contributed by atoms with van der Waals surface area (Å²) in [6, 6.07) is 0. The number of aliphatic hydroxyl groups excluding tert-OH is 1. The van der Waals surface area contributed by atoms with Crippen LogP contribution in [0.4, 0.5) is 5.95 Å². The molecule has 1 atom stereocenters. The average Bonchev–Trinajstić information content (AvgIpc) is 2.52. The summed E-state index contributed by atoms with van der Waals surface area (Å²) in [5.74, 6) is -0.314. The van der Waals surface area contributed by atoms with E-state index < -0.39 is 11.0 Å². The molecule has 0 amide bonds. The molecule has 0 aliphatic heterocycles. The third-order valence-corrected chi connectivity index (χ3v) is 1.49. The summed E-state index contributed by atoms with van der Waals surface area (Å²) in [6.45, 7) is 3.38. The quantitative estimate of drug-likeness (QED) is 0.401. The van der Waals surface area contributed by atoms with E-state index in [9.17, 15) is 10.1 Å². The van der Waals surface area contributed by atoms with Gasteiger partial charge in [-0.2, -0.15) is 0 Å². The van der Waals surface area contributed by atoms with Gasteiger partial charge in [0.05, 0.1) is 6.10 Å². The molecule has 0 saturated carbocycles. The van der Waals surface area contributed by atoms with E-state index in [4.69, 9.17) is 5.11 Å². The predicted octanol–water partition coefficient (Wildman–Crippen LogP) is 0.407. The van der Waals surface area contributed by atoms with Crippen LogP contribution in [0.3, 0.4) is 0 Å². The summed E-state index contributed by atoms with van der Waals surface area (Å²) >= 11 is 0. The molecule has 0 saturated heterocycles. The Morgan fingerprint density at radius 1 is 1.92 bits per heavy atom. The number of aromatic amines is 1. The first kappa shape index (κ1) is 9.40. The molecule has 0 aliphatic carbocycles. The molecule has 13 heavy (non-hydrogen) atoms. The highest BCUT2D eigenvalue weighted by molar-refractivity contribution is 5.12. The molecular formula is C7H9N3O3. The Hall–Kier alpha value is -1.69. The molecule has 0 radical (unpaired) electrons. The predicted molar refractivity (Wildman–Crippen MR) is 45.1 cm³/mol. The fraction of sp³-hybridized carbons (Fsp3) is 0.286. The molecule has 1 rings (SSSR count). The fourth-order valence-corrected chi connectivity index (χ4v) is 0.852. The van der Waals surface area contributed by atoms with Crippen LogP contribution in [-0.2, 0) is 6.42 Å². The van der Waals surface area contributed by atoms with Gasteiger partial charge in [-0.05, 0) is 4.92 Å². The van der Waals surface area contributed by atoms with Crippen LogP contribution in [-0.4, -0.2) is 26.1 Å². The van der Waals surface area contributed by atoms with E-state index >= 15 is 0 Å². The molecule has 0 aliphatic rings. The smallest absolute Gasteiger partial charge is 0.390 e. The van der Waals surface area contributed by atoms with Crippen LogP contribution >= 0.6 is 0 Å². The number of hydrogen-bond acceptors (Lipinski definition) is 4. The second-order valence-electron chi connectivity index (χ2n) is 2.50. The summed E-state index contributed by atoms with van der Waals surface area (Å²) in [5, 5.41) is 19.3. The molecule has 1 aromatic rings. The lowest BCUT2D eigenvalue weighted by molar-refractivity contribution is -0.393. The van der Waals surface area contributed by atoms with Gasteiger partial charge >= 0.3 is 5.95 Å². The SMILES string of the molecule is C=CC(O)Cc1cnc([N+](=O)[O-])[nH]1. The molecule has 0 spiro atoms. The number of H-pyrrole nitrogens is 1. The molecular weight excluding hydrogens is 174 g/mol. The van der Waals surface area contributed by atoms with Gasteiger partial charge in [0.1, 0.15) is 11.9 Å². The van der Waals surface area contributed by atoms with Gasteiger partial charge in [-0.3, -0.25) is 0 Å². The van der Waals surface area contributed by atoms with Crippen LogP contribution in [0.2, 0.25) is 0 Å². The highest BCUT2D eigenvalue weighted by Crippen LogP contribution is 2.07. The molecule has 6 heteroatoms. The number of aromatic nitrogens is 2. The first-order valence-corrected chi connectivity index (χ1v) is 3.62. The van der Waals surface area contributed by atoms with Crippen molar-refractivity contribution in [2.75, 3.05) is 0 Å². The number of rotatable bonds is 4. The molecule has 1 heterocycles. The van der Waals surface area contributed by atoms with Gasteiger partial charge in [0.15, 0.2) is 0 Å². The van der Waals surface area contributed by atoms with Gasteiger partial charge in [0.2, 0.25) is 0 Å². The monoisotopic (exact) mass is 183 g/mol. The highest BCUT2D eigenvalue weighted by Gasteiger charge is 2.12. The average molecular weight is 183 g/mol. The van der Waals surface area contributed by atoms with Crippen molar-refractivity contribution >= 4 is 5.95 Å². The normalized spacial score (nSPS) is 12.4. The standard InChI is InChI=1S/C7H9N3O3/c1-2-6(11)3-5-4-8-7(9-5)10(12)13/h2,4,6,11H,1,3H2,(H,8,9). The van der Waals surface area contributed by atoms with Crippen LogP contribution < -0.4 is 0 Å². The summed E-state index contributed by atoms with van der Waals surface area (Å²) < 4.78 is 0. The maximum atomic E-state index is 10.2. The Morgan fingerprint density at radius 3 is 3.08 bits per heavy atom. The summed E-state index contributed by atoms with van der Waals surface area (Å²) in [6.07, 6.45) is 2.22. The molecule has 0 aromatic carbocycles. The van der Waals surface area contributed by atoms with E-state index in [1.807, 2.05) is 0 Å². The van der Waals surface area contributed by atoms with E-state index in [2.05, 4.69) is 16.5 Å². The number of imidazole rings is 1. The Balaban J connectivity index is 2.69. The summed E-state index contributed by atoms with van der Waals surface area (Å²) in [7, 11) is 0. The zero-order valence-corrected chi connectivity index (χ0v) is 6.80. The Bertz CT molecular complexity index is 321. The van der Waals surface area contributed by atoms with Gasteiger partial charge in [-0.25, -0.2) is 4.98 Å². The van der Waals surface area contributed by atoms with Crippen molar-refractivity contribution in [3.8, 4) is 0 Å². The number of nitrogens with one attached hydrogen (secondary N) is 1. The van der Waals surface area contributed by atoms with Crippen molar-refractivity contribution in [3.05, 3.63) is 34.7 Å². The van der Waals surface area contributed by atoms with E-state index in [-0.39, 0.29) is 12.4 Å². The minimum absolute atomic E-state index is 0.254. The molecule has 2 N–H and O–H groups in total. The second kappa shape index (κ2) is 3.81. The van der Waals surface area contributed by atoms with E-state index in [1.165, 1.54) is 12.3 Å². The largest absolute Gasteiger partial charge is 0.432 e. The lowest BCUT2D eigenvalue weighted by Crippen LogP contribution is -2.06. The van der Waals surface area contributed by atoms with Crippen molar-refractivity contribution in [1.82, 2.24) is 9.97 Å². The number of hydrogen-bond donors (Lipinski definition) is 2. The third kappa shape index (κ3) is 2.38. The number of nitrogens with zero attached hydrogens (tertiary/aromatic N) is 2.